The van der Waals surface area contributed by atoms with Gasteiger partial charge in [0.25, 0.3) is 0 Å². The molecule has 1 unspecified atom stereocenters. The number of aromatic nitrogens is 1. The lowest BCUT2D eigenvalue weighted by Crippen LogP contribution is -2.38. The highest BCUT2D eigenvalue weighted by molar-refractivity contribution is 8.22. The van der Waals surface area contributed by atoms with Gasteiger partial charge in [-0.25, -0.2) is 0 Å². The molecule has 0 radical (unpaired) electrons. The second kappa shape index (κ2) is 9.41. The number of hydrogen-bond acceptors (Lipinski definition) is 3. The number of methoxy groups -OCH3 is 1. The lowest BCUT2D eigenvalue weighted by atomic mass is 9.93. The Bertz CT molecular complexity index is 1320. The number of hydrogen-bond donors (Lipinski definition) is 1. The van der Waals surface area contributed by atoms with Gasteiger partial charge in [0.2, 0.25) is 0 Å². The van der Waals surface area contributed by atoms with Gasteiger partial charge in [-0.15, -0.1) is 0 Å². The molecule has 6 heteroatoms. The molecule has 5 rings (SSSR count). The minimum atomic E-state index is 0.0170. The van der Waals surface area contributed by atoms with Crippen molar-refractivity contribution < 1.29 is 4.74 Å². The number of fused-ring (bicyclic) bond motifs is 3. The molecule has 1 N–H and O–H groups in total. The van der Waals surface area contributed by atoms with Crippen molar-refractivity contribution >= 4 is 50.8 Å². The largest absolute Gasteiger partial charge is 0.497 e. The van der Waals surface area contributed by atoms with Crippen molar-refractivity contribution in [1.82, 2.24) is 9.88 Å². The minimum absolute atomic E-state index is 0.0170. The number of rotatable bonds is 4. The third-order valence-electron chi connectivity index (χ3n) is 6.20. The van der Waals surface area contributed by atoms with Gasteiger partial charge >= 0.3 is 0 Å². The number of thioether (sulfide) groups is 1. The molecular weight excluding hydrogens is 468 g/mol. The van der Waals surface area contributed by atoms with Crippen LogP contribution in [0.1, 0.15) is 34.0 Å². The van der Waals surface area contributed by atoms with E-state index in [1.165, 1.54) is 33.3 Å². The maximum atomic E-state index is 6.33. The minimum Gasteiger partial charge on any atom is -0.497 e. The number of nitrogens with zero attached hydrogens (tertiary/aromatic N) is 1. The van der Waals surface area contributed by atoms with Crippen LogP contribution in [0, 0.1) is 6.92 Å². The Balaban J connectivity index is 1.51. The number of aryl methyl sites for hydroxylation is 1. The average Bonchev–Trinajstić information content (AvgIpc) is 3.20. The molecule has 33 heavy (non-hydrogen) atoms. The van der Waals surface area contributed by atoms with Crippen LogP contribution in [-0.4, -0.2) is 27.9 Å². The fraction of sp³-hybridized carbons (Fsp3) is 0.222. The van der Waals surface area contributed by atoms with Gasteiger partial charge in [0.05, 0.1) is 13.2 Å². The average molecular weight is 493 g/mol. The molecule has 168 valence electrons. The highest BCUT2D eigenvalue weighted by atomic mass is 35.5. The molecule has 1 aromatic heterocycles. The number of halogens is 1. The van der Waals surface area contributed by atoms with Crippen molar-refractivity contribution in [3.8, 4) is 5.75 Å². The molecule has 0 amide bonds. The first kappa shape index (κ1) is 22.3. The van der Waals surface area contributed by atoms with E-state index in [4.69, 9.17) is 28.6 Å². The van der Waals surface area contributed by atoms with Crippen LogP contribution in [0.2, 0.25) is 5.02 Å². The van der Waals surface area contributed by atoms with E-state index in [0.717, 1.165) is 39.3 Å². The van der Waals surface area contributed by atoms with Crippen molar-refractivity contribution in [2.45, 2.75) is 25.1 Å². The molecule has 0 spiro atoms. The van der Waals surface area contributed by atoms with E-state index in [1.807, 2.05) is 18.2 Å². The summed E-state index contributed by atoms with van der Waals surface area (Å²) in [6, 6.07) is 23.0. The molecular formula is C27H25ClN2OS2. The second-order valence-corrected chi connectivity index (χ2v) is 10.4. The van der Waals surface area contributed by atoms with Crippen LogP contribution in [0.5, 0.6) is 5.75 Å². The quantitative estimate of drug-likeness (QED) is 0.302. The lowest BCUT2D eigenvalue weighted by Gasteiger charge is -2.37. The highest BCUT2D eigenvalue weighted by Gasteiger charge is 2.33. The zero-order valence-corrected chi connectivity index (χ0v) is 21.0. The number of nitrogens with one attached hydrogen (secondary N) is 1. The zero-order chi connectivity index (χ0) is 22.9. The topological polar surface area (TPSA) is 28.3 Å². The first-order chi connectivity index (χ1) is 16.0. The van der Waals surface area contributed by atoms with E-state index in [1.54, 1.807) is 18.9 Å². The summed E-state index contributed by atoms with van der Waals surface area (Å²) in [6.07, 6.45) is 0.924. The fourth-order valence-electron chi connectivity index (χ4n) is 4.62. The summed E-state index contributed by atoms with van der Waals surface area (Å²) in [4.78, 5) is 6.04. The first-order valence-corrected chi connectivity index (χ1v) is 12.7. The molecule has 1 atom stereocenters. The summed E-state index contributed by atoms with van der Waals surface area (Å²) in [5, 5.41) is 1.96. The van der Waals surface area contributed by atoms with Crippen LogP contribution in [0.3, 0.4) is 0 Å². The van der Waals surface area contributed by atoms with E-state index >= 15 is 0 Å². The van der Waals surface area contributed by atoms with Crippen molar-refractivity contribution in [2.75, 3.05) is 13.7 Å². The summed E-state index contributed by atoms with van der Waals surface area (Å²) in [5.74, 6) is 1.71. The van der Waals surface area contributed by atoms with Crippen LogP contribution in [0.25, 0.3) is 10.9 Å². The van der Waals surface area contributed by atoms with Crippen LogP contribution >= 0.6 is 35.6 Å². The predicted molar refractivity (Wildman–Crippen MR) is 144 cm³/mol. The number of thiocarbonyl (C=S) groups is 1. The summed E-state index contributed by atoms with van der Waals surface area (Å²) in [6.45, 7) is 2.99. The van der Waals surface area contributed by atoms with E-state index < -0.39 is 0 Å². The third kappa shape index (κ3) is 4.50. The smallest absolute Gasteiger partial charge is 0.137 e. The summed E-state index contributed by atoms with van der Waals surface area (Å²) >= 11 is 14.1. The molecule has 3 nitrogen and oxygen atoms in total. The van der Waals surface area contributed by atoms with Gasteiger partial charge in [-0.2, -0.15) is 0 Å². The molecule has 1 aliphatic rings. The number of H-pyrrole nitrogens is 1. The molecule has 0 saturated heterocycles. The van der Waals surface area contributed by atoms with Gasteiger partial charge in [0.15, 0.2) is 0 Å². The second-order valence-electron chi connectivity index (χ2n) is 8.37. The van der Waals surface area contributed by atoms with Gasteiger partial charge < -0.3 is 14.6 Å². The van der Waals surface area contributed by atoms with Crippen molar-refractivity contribution in [2.24, 2.45) is 0 Å². The molecule has 3 aromatic carbocycles. The molecule has 0 fully saturated rings. The van der Waals surface area contributed by atoms with Gasteiger partial charge in [-0.1, -0.05) is 77.5 Å². The molecule has 4 aromatic rings. The molecule has 1 aliphatic heterocycles. The Morgan fingerprint density at radius 2 is 1.97 bits per heavy atom. The first-order valence-electron chi connectivity index (χ1n) is 11.0. The van der Waals surface area contributed by atoms with Gasteiger partial charge in [0.1, 0.15) is 10.1 Å². The summed E-state index contributed by atoms with van der Waals surface area (Å²) in [5.41, 5.74) is 7.39. The maximum Gasteiger partial charge on any atom is 0.137 e. The fourth-order valence-corrected chi connectivity index (χ4v) is 6.00. The SMILES string of the molecule is COc1ccc(C2c3[nH]c4ccc(Cl)cc4c3CCN2C(=S)SCc2cccc(C)c2)cc1. The normalized spacial score (nSPS) is 15.5. The highest BCUT2D eigenvalue weighted by Crippen LogP contribution is 2.41. The zero-order valence-electron chi connectivity index (χ0n) is 18.6. The van der Waals surface area contributed by atoms with Gasteiger partial charge in [-0.05, 0) is 60.4 Å². The molecule has 0 bridgehead atoms. The van der Waals surface area contributed by atoms with Crippen LogP contribution in [-0.2, 0) is 12.2 Å². The van der Waals surface area contributed by atoms with Crippen molar-refractivity contribution in [3.63, 3.8) is 0 Å². The van der Waals surface area contributed by atoms with E-state index in [0.29, 0.717) is 0 Å². The Labute approximate surface area is 209 Å². The molecule has 2 heterocycles. The number of benzene rings is 3. The Morgan fingerprint density at radius 1 is 1.15 bits per heavy atom. The maximum absolute atomic E-state index is 6.33. The van der Waals surface area contributed by atoms with E-state index in [2.05, 4.69) is 65.3 Å². The molecule has 0 saturated carbocycles. The monoisotopic (exact) mass is 492 g/mol. The standard InChI is InChI=1S/C27H25ClN2OS2/c1-17-4-3-5-18(14-17)16-33-27(32)30-13-12-22-23-15-20(28)8-11-24(23)29-25(22)26(30)19-6-9-21(31-2)10-7-19/h3-11,14-15,26,29H,12-13,16H2,1-2H3. The Morgan fingerprint density at radius 3 is 2.73 bits per heavy atom. The Hall–Kier alpha value is -2.47. The van der Waals surface area contributed by atoms with E-state index in [-0.39, 0.29) is 6.04 Å². The van der Waals surface area contributed by atoms with Crippen LogP contribution in [0.4, 0.5) is 0 Å². The Kier molecular flexibility index (Phi) is 6.37. The van der Waals surface area contributed by atoms with Crippen molar-refractivity contribution in [3.05, 3.63) is 99.7 Å². The number of aromatic amines is 1. The van der Waals surface area contributed by atoms with Crippen molar-refractivity contribution in [1.29, 1.82) is 0 Å². The summed E-state index contributed by atoms with van der Waals surface area (Å²) < 4.78 is 6.31. The van der Waals surface area contributed by atoms with Gasteiger partial charge in [-0.3, -0.25) is 0 Å². The molecule has 0 aliphatic carbocycles. The van der Waals surface area contributed by atoms with Crippen LogP contribution < -0.4 is 4.74 Å². The van der Waals surface area contributed by atoms with E-state index in [9.17, 15) is 0 Å². The number of ether oxygens (including phenoxy) is 1. The third-order valence-corrected chi connectivity index (χ3v) is 7.98. The van der Waals surface area contributed by atoms with Crippen LogP contribution in [0.15, 0.2) is 66.7 Å². The lowest BCUT2D eigenvalue weighted by molar-refractivity contribution is 0.345. The summed E-state index contributed by atoms with van der Waals surface area (Å²) in [7, 11) is 1.69. The predicted octanol–water partition coefficient (Wildman–Crippen LogP) is 7.30. The van der Waals surface area contributed by atoms with Gasteiger partial charge in [0, 0.05) is 33.9 Å².